The van der Waals surface area contributed by atoms with Gasteiger partial charge in [0.25, 0.3) is 0 Å². The number of nitriles is 2. The zero-order chi connectivity index (χ0) is 10.2. The summed E-state index contributed by atoms with van der Waals surface area (Å²) < 4.78 is 0. The lowest BCUT2D eigenvalue weighted by molar-refractivity contribution is 0.935. The molecule has 0 fully saturated rings. The normalized spacial score (nSPS) is 9.00. The maximum absolute atomic E-state index is 8.49. The topological polar surface area (TPSA) is 47.6 Å². The van der Waals surface area contributed by atoms with Gasteiger partial charge in [-0.15, -0.1) is 0 Å². The number of benzene rings is 1. The van der Waals surface area contributed by atoms with Crippen molar-refractivity contribution in [2.24, 2.45) is 0 Å². The Bertz CT molecular complexity index is 332. The summed E-state index contributed by atoms with van der Waals surface area (Å²) >= 11 is 0. The van der Waals surface area contributed by atoms with Gasteiger partial charge in [-0.3, -0.25) is 0 Å². The molecule has 0 saturated carbocycles. The van der Waals surface area contributed by atoms with Gasteiger partial charge in [-0.2, -0.15) is 10.5 Å². The molecule has 0 atom stereocenters. The summed E-state index contributed by atoms with van der Waals surface area (Å²) in [5, 5.41) is 17.0. The van der Waals surface area contributed by atoms with Crippen molar-refractivity contribution in [1.29, 1.82) is 10.5 Å². The highest BCUT2D eigenvalue weighted by Gasteiger charge is 2.00. The van der Waals surface area contributed by atoms with Crippen LogP contribution in [0, 0.1) is 22.7 Å². The summed E-state index contributed by atoms with van der Waals surface area (Å²) in [6.07, 6.45) is 2.67. The van der Waals surface area contributed by atoms with Crippen LogP contribution in [0.3, 0.4) is 0 Å². The van der Waals surface area contributed by atoms with Crippen LogP contribution in [0.25, 0.3) is 0 Å². The monoisotopic (exact) mass is 184 g/mol. The van der Waals surface area contributed by atoms with Crippen molar-refractivity contribution in [3.05, 3.63) is 35.4 Å². The van der Waals surface area contributed by atoms with Gasteiger partial charge in [0, 0.05) is 12.8 Å². The third-order valence-corrected chi connectivity index (χ3v) is 2.13. The zero-order valence-corrected chi connectivity index (χ0v) is 8.03. The third kappa shape index (κ3) is 2.92. The quantitative estimate of drug-likeness (QED) is 0.722. The van der Waals surface area contributed by atoms with Gasteiger partial charge in [0.1, 0.15) is 0 Å². The molecule has 0 aromatic heterocycles. The van der Waals surface area contributed by atoms with Crippen LogP contribution in [0.2, 0.25) is 0 Å². The van der Waals surface area contributed by atoms with Crippen molar-refractivity contribution >= 4 is 0 Å². The molecule has 0 aliphatic rings. The maximum Gasteiger partial charge on any atom is 0.0625 e. The van der Waals surface area contributed by atoms with E-state index in [9.17, 15) is 0 Å². The maximum atomic E-state index is 8.49. The second-order valence-corrected chi connectivity index (χ2v) is 3.08. The summed E-state index contributed by atoms with van der Waals surface area (Å²) in [7, 11) is 0. The van der Waals surface area contributed by atoms with Crippen molar-refractivity contribution in [2.75, 3.05) is 0 Å². The van der Waals surface area contributed by atoms with Crippen LogP contribution in [0.5, 0.6) is 0 Å². The van der Waals surface area contributed by atoms with E-state index >= 15 is 0 Å². The Kier molecular flexibility index (Phi) is 4.24. The number of hydrogen-bond acceptors (Lipinski definition) is 2. The highest BCUT2D eigenvalue weighted by atomic mass is 14.2. The van der Waals surface area contributed by atoms with Crippen LogP contribution in [0.1, 0.15) is 24.0 Å². The molecule has 1 rings (SSSR count). The van der Waals surface area contributed by atoms with Gasteiger partial charge in [-0.25, -0.2) is 0 Å². The molecule has 2 heteroatoms. The minimum atomic E-state index is 0.545. The molecular formula is C12H12N2. The number of aryl methyl sites for hydroxylation is 2. The van der Waals surface area contributed by atoms with Gasteiger partial charge >= 0.3 is 0 Å². The molecule has 14 heavy (non-hydrogen) atoms. The number of nitrogens with zero attached hydrogens (tertiary/aromatic N) is 2. The average molecular weight is 184 g/mol. The van der Waals surface area contributed by atoms with E-state index in [2.05, 4.69) is 12.1 Å². The molecular weight excluding hydrogens is 172 g/mol. The van der Waals surface area contributed by atoms with E-state index < -0.39 is 0 Å². The molecule has 1 aromatic carbocycles. The Morgan fingerprint density at radius 2 is 1.29 bits per heavy atom. The summed E-state index contributed by atoms with van der Waals surface area (Å²) in [5.41, 5.74) is 2.40. The first-order valence-electron chi connectivity index (χ1n) is 4.69. The Balaban J connectivity index is 2.71. The van der Waals surface area contributed by atoms with E-state index in [4.69, 9.17) is 10.5 Å². The molecule has 0 bridgehead atoms. The minimum Gasteiger partial charge on any atom is -0.198 e. The molecule has 0 N–H and O–H groups in total. The van der Waals surface area contributed by atoms with Crippen LogP contribution in [-0.4, -0.2) is 0 Å². The first-order valence-corrected chi connectivity index (χ1v) is 4.69. The zero-order valence-electron chi connectivity index (χ0n) is 8.03. The lowest BCUT2D eigenvalue weighted by Gasteiger charge is -2.05. The van der Waals surface area contributed by atoms with E-state index in [0.717, 1.165) is 12.8 Å². The van der Waals surface area contributed by atoms with Crippen LogP contribution < -0.4 is 0 Å². The number of rotatable bonds is 4. The second kappa shape index (κ2) is 5.78. The van der Waals surface area contributed by atoms with Crippen molar-refractivity contribution in [3.63, 3.8) is 0 Å². The minimum absolute atomic E-state index is 0.545. The van der Waals surface area contributed by atoms with Gasteiger partial charge in [0.2, 0.25) is 0 Å². The Morgan fingerprint density at radius 3 is 1.64 bits per heavy atom. The molecule has 0 aliphatic heterocycles. The highest BCUT2D eigenvalue weighted by Crippen LogP contribution is 2.12. The molecule has 0 spiro atoms. The molecule has 0 saturated heterocycles. The average Bonchev–Trinajstić information content (AvgIpc) is 2.24. The standard InChI is InChI=1S/C12H12N2/c13-9-3-7-11-5-1-2-6-12(11)8-4-10-14/h1-2,5-6H,3-4,7-8H2. The predicted octanol–water partition coefficient (Wildman–Crippen LogP) is 2.60. The molecule has 70 valence electrons. The van der Waals surface area contributed by atoms with E-state index in [-0.39, 0.29) is 0 Å². The van der Waals surface area contributed by atoms with Gasteiger partial charge in [-0.1, -0.05) is 24.3 Å². The largest absolute Gasteiger partial charge is 0.198 e. The molecule has 1 aromatic rings. The molecule has 0 radical (unpaired) electrons. The van der Waals surface area contributed by atoms with Crippen LogP contribution in [-0.2, 0) is 12.8 Å². The first kappa shape index (κ1) is 10.3. The van der Waals surface area contributed by atoms with Crippen molar-refractivity contribution < 1.29 is 0 Å². The molecule has 2 nitrogen and oxygen atoms in total. The fourth-order valence-electron chi connectivity index (χ4n) is 1.43. The van der Waals surface area contributed by atoms with E-state index in [1.807, 2.05) is 24.3 Å². The van der Waals surface area contributed by atoms with E-state index in [1.54, 1.807) is 0 Å². The summed E-state index contributed by atoms with van der Waals surface area (Å²) in [4.78, 5) is 0. The first-order chi connectivity index (χ1) is 6.88. The predicted molar refractivity (Wildman–Crippen MR) is 54.3 cm³/mol. The van der Waals surface area contributed by atoms with Crippen molar-refractivity contribution in [1.82, 2.24) is 0 Å². The van der Waals surface area contributed by atoms with E-state index in [0.29, 0.717) is 12.8 Å². The SMILES string of the molecule is N#CCCc1ccccc1CCC#N. The molecule has 0 amide bonds. The van der Waals surface area contributed by atoms with E-state index in [1.165, 1.54) is 11.1 Å². The second-order valence-electron chi connectivity index (χ2n) is 3.08. The fourth-order valence-corrected chi connectivity index (χ4v) is 1.43. The summed E-state index contributed by atoms with van der Waals surface area (Å²) in [6, 6.07) is 12.3. The Hall–Kier alpha value is -1.80. The molecule has 0 unspecified atom stereocenters. The van der Waals surface area contributed by atoms with Crippen LogP contribution in [0.4, 0.5) is 0 Å². The summed E-state index contributed by atoms with van der Waals surface area (Å²) in [6.45, 7) is 0. The molecule has 0 aliphatic carbocycles. The Morgan fingerprint density at radius 1 is 0.857 bits per heavy atom. The summed E-state index contributed by atoms with van der Waals surface area (Å²) in [5.74, 6) is 0. The van der Waals surface area contributed by atoms with Gasteiger partial charge < -0.3 is 0 Å². The van der Waals surface area contributed by atoms with Crippen LogP contribution in [0.15, 0.2) is 24.3 Å². The lowest BCUT2D eigenvalue weighted by Crippen LogP contribution is -1.93. The van der Waals surface area contributed by atoms with Crippen molar-refractivity contribution in [3.8, 4) is 12.1 Å². The van der Waals surface area contributed by atoms with Crippen LogP contribution >= 0.6 is 0 Å². The third-order valence-electron chi connectivity index (χ3n) is 2.13. The van der Waals surface area contributed by atoms with Gasteiger partial charge in [-0.05, 0) is 24.0 Å². The van der Waals surface area contributed by atoms with Crippen molar-refractivity contribution in [2.45, 2.75) is 25.7 Å². The number of hydrogen-bond donors (Lipinski definition) is 0. The lowest BCUT2D eigenvalue weighted by atomic mass is 10.00. The fraction of sp³-hybridized carbons (Fsp3) is 0.333. The highest BCUT2D eigenvalue weighted by molar-refractivity contribution is 5.28. The van der Waals surface area contributed by atoms with Gasteiger partial charge in [0.05, 0.1) is 12.1 Å². The smallest absolute Gasteiger partial charge is 0.0625 e. The van der Waals surface area contributed by atoms with Gasteiger partial charge in [0.15, 0.2) is 0 Å². The Labute approximate surface area is 84.4 Å². The molecule has 0 heterocycles.